The maximum atomic E-state index is 8.46. The fourth-order valence-electron chi connectivity index (χ4n) is 1.31. The molecule has 3 nitrogen and oxygen atoms in total. The van der Waals surface area contributed by atoms with Crippen molar-refractivity contribution in [3.63, 3.8) is 0 Å². The Morgan fingerprint density at radius 3 is 1.55 bits per heavy atom. The smallest absolute Gasteiger partial charge is 0.0982 e. The Bertz CT molecular complexity index is 102. The molecule has 0 atom stereocenters. The predicted octanol–water partition coefficient (Wildman–Crippen LogP) is 1.87. The van der Waals surface area contributed by atoms with E-state index in [-0.39, 0.29) is 10.9 Å². The first-order valence-corrected chi connectivity index (χ1v) is 3.59. The van der Waals surface area contributed by atoms with Gasteiger partial charge in [-0.2, -0.15) is 0 Å². The van der Waals surface area contributed by atoms with Crippen LogP contribution < -0.4 is 0 Å². The molecule has 0 saturated heterocycles. The zero-order valence-corrected chi connectivity index (χ0v) is 8.06. The molecule has 0 aliphatic rings. The SMILES string of the molecule is CC(C)(C)CC(C)(C)OO.O. The summed E-state index contributed by atoms with van der Waals surface area (Å²) in [7, 11) is 0. The van der Waals surface area contributed by atoms with Gasteiger partial charge in [0.15, 0.2) is 0 Å². The van der Waals surface area contributed by atoms with Crippen molar-refractivity contribution in [3.05, 3.63) is 0 Å². The van der Waals surface area contributed by atoms with Gasteiger partial charge in [-0.3, -0.25) is 5.26 Å². The van der Waals surface area contributed by atoms with Crippen LogP contribution in [0.5, 0.6) is 0 Å². The van der Waals surface area contributed by atoms with Crippen LogP contribution in [0.15, 0.2) is 0 Å². The monoisotopic (exact) mass is 164 g/mol. The van der Waals surface area contributed by atoms with Gasteiger partial charge in [-0.15, -0.1) is 0 Å². The van der Waals surface area contributed by atoms with Crippen molar-refractivity contribution < 1.29 is 15.6 Å². The Morgan fingerprint density at radius 1 is 1.09 bits per heavy atom. The highest BCUT2D eigenvalue weighted by Crippen LogP contribution is 2.28. The minimum absolute atomic E-state index is 0. The quantitative estimate of drug-likeness (QED) is 0.500. The molecule has 70 valence electrons. The van der Waals surface area contributed by atoms with Gasteiger partial charge in [0.05, 0.1) is 5.60 Å². The Kier molecular flexibility index (Phi) is 4.95. The molecule has 0 spiro atoms. The van der Waals surface area contributed by atoms with E-state index in [2.05, 4.69) is 25.7 Å². The second-order valence-electron chi connectivity index (χ2n) is 4.59. The van der Waals surface area contributed by atoms with Crippen LogP contribution in [0.2, 0.25) is 0 Å². The molecule has 0 aliphatic carbocycles. The molecule has 0 amide bonds. The molecule has 0 unspecified atom stereocenters. The first-order valence-electron chi connectivity index (χ1n) is 3.59. The van der Waals surface area contributed by atoms with E-state index in [1.165, 1.54) is 0 Å². The second-order valence-corrected chi connectivity index (χ2v) is 4.59. The van der Waals surface area contributed by atoms with Crippen LogP contribution in [0.3, 0.4) is 0 Å². The van der Waals surface area contributed by atoms with Crippen LogP contribution >= 0.6 is 0 Å². The van der Waals surface area contributed by atoms with Crippen LogP contribution in [0.1, 0.15) is 41.0 Å². The lowest BCUT2D eigenvalue weighted by Crippen LogP contribution is -2.28. The normalized spacial score (nSPS) is 12.5. The molecule has 0 aromatic rings. The van der Waals surface area contributed by atoms with Gasteiger partial charge in [0.2, 0.25) is 0 Å². The molecule has 3 heteroatoms. The van der Waals surface area contributed by atoms with Crippen LogP contribution in [0.25, 0.3) is 0 Å². The molecule has 0 aromatic heterocycles. The van der Waals surface area contributed by atoms with Gasteiger partial charge in [-0.1, -0.05) is 20.8 Å². The van der Waals surface area contributed by atoms with Crippen molar-refractivity contribution in [2.24, 2.45) is 5.41 Å². The second kappa shape index (κ2) is 4.04. The van der Waals surface area contributed by atoms with E-state index in [1.54, 1.807) is 0 Å². The highest BCUT2D eigenvalue weighted by molar-refractivity contribution is 4.75. The molecule has 0 saturated carbocycles. The van der Waals surface area contributed by atoms with E-state index in [0.717, 1.165) is 6.42 Å². The Labute approximate surface area is 68.6 Å². The van der Waals surface area contributed by atoms with Crippen molar-refractivity contribution in [1.82, 2.24) is 0 Å². The summed E-state index contributed by atoms with van der Waals surface area (Å²) in [6.07, 6.45) is 0.844. The number of rotatable bonds is 2. The molecule has 0 aromatic carbocycles. The minimum atomic E-state index is -0.418. The third-order valence-electron chi connectivity index (χ3n) is 1.20. The average Bonchev–Trinajstić information content (AvgIpc) is 1.60. The lowest BCUT2D eigenvalue weighted by atomic mass is 9.84. The molecular formula is C8H20O3. The molecule has 0 fully saturated rings. The van der Waals surface area contributed by atoms with Crippen LogP contribution in [-0.4, -0.2) is 16.3 Å². The molecule has 0 aliphatic heterocycles. The Morgan fingerprint density at radius 2 is 1.45 bits per heavy atom. The molecule has 3 N–H and O–H groups in total. The van der Waals surface area contributed by atoms with Crippen molar-refractivity contribution in [1.29, 1.82) is 0 Å². The van der Waals surface area contributed by atoms with E-state index < -0.39 is 5.60 Å². The fourth-order valence-corrected chi connectivity index (χ4v) is 1.31. The van der Waals surface area contributed by atoms with E-state index >= 15 is 0 Å². The largest absolute Gasteiger partial charge is 0.412 e. The lowest BCUT2D eigenvalue weighted by molar-refractivity contribution is -0.318. The Balaban J connectivity index is 0. The summed E-state index contributed by atoms with van der Waals surface area (Å²) in [6, 6.07) is 0. The summed E-state index contributed by atoms with van der Waals surface area (Å²) in [4.78, 5) is 4.31. The zero-order chi connectivity index (χ0) is 8.41. The van der Waals surface area contributed by atoms with Gasteiger partial charge in [0.1, 0.15) is 0 Å². The molecular weight excluding hydrogens is 144 g/mol. The van der Waals surface area contributed by atoms with Crippen LogP contribution in [0.4, 0.5) is 0 Å². The summed E-state index contributed by atoms with van der Waals surface area (Å²) in [5.74, 6) is 0. The van der Waals surface area contributed by atoms with Gasteiger partial charge in [0.25, 0.3) is 0 Å². The third kappa shape index (κ3) is 7.78. The zero-order valence-electron chi connectivity index (χ0n) is 8.06. The van der Waals surface area contributed by atoms with Gasteiger partial charge >= 0.3 is 0 Å². The highest BCUT2D eigenvalue weighted by Gasteiger charge is 2.26. The molecule has 0 bridgehead atoms. The fraction of sp³-hybridized carbons (Fsp3) is 1.00. The standard InChI is InChI=1S/C8H18O2.H2O/c1-7(2,3)6-8(4,5)10-9;/h9H,6H2,1-5H3;1H2. The topological polar surface area (TPSA) is 61.0 Å². The van der Waals surface area contributed by atoms with E-state index in [1.807, 2.05) is 13.8 Å². The first-order chi connectivity index (χ1) is 4.27. The van der Waals surface area contributed by atoms with E-state index in [9.17, 15) is 0 Å². The minimum Gasteiger partial charge on any atom is -0.412 e. The van der Waals surface area contributed by atoms with Gasteiger partial charge < -0.3 is 5.48 Å². The predicted molar refractivity (Wildman–Crippen MR) is 45.5 cm³/mol. The number of hydrogen-bond acceptors (Lipinski definition) is 2. The maximum Gasteiger partial charge on any atom is 0.0982 e. The highest BCUT2D eigenvalue weighted by atomic mass is 17.1. The van der Waals surface area contributed by atoms with Gasteiger partial charge in [-0.25, -0.2) is 4.89 Å². The van der Waals surface area contributed by atoms with Crippen molar-refractivity contribution >= 4 is 0 Å². The summed E-state index contributed by atoms with van der Waals surface area (Å²) >= 11 is 0. The van der Waals surface area contributed by atoms with Crippen molar-refractivity contribution in [2.45, 2.75) is 46.6 Å². The molecule has 0 rings (SSSR count). The molecule has 0 heterocycles. The number of hydrogen-bond donors (Lipinski definition) is 1. The van der Waals surface area contributed by atoms with E-state index in [0.29, 0.717) is 0 Å². The van der Waals surface area contributed by atoms with Gasteiger partial charge in [-0.05, 0) is 25.7 Å². The summed E-state index contributed by atoms with van der Waals surface area (Å²) in [6.45, 7) is 10.1. The van der Waals surface area contributed by atoms with Crippen molar-refractivity contribution in [2.75, 3.05) is 0 Å². The average molecular weight is 164 g/mol. The van der Waals surface area contributed by atoms with Gasteiger partial charge in [0, 0.05) is 0 Å². The third-order valence-corrected chi connectivity index (χ3v) is 1.20. The molecule has 0 radical (unpaired) electrons. The first kappa shape index (κ1) is 13.5. The van der Waals surface area contributed by atoms with Crippen LogP contribution in [0, 0.1) is 5.41 Å². The molecule has 11 heavy (non-hydrogen) atoms. The van der Waals surface area contributed by atoms with Crippen molar-refractivity contribution in [3.8, 4) is 0 Å². The lowest BCUT2D eigenvalue weighted by Gasteiger charge is -2.29. The maximum absolute atomic E-state index is 8.46. The van der Waals surface area contributed by atoms with Crippen LogP contribution in [-0.2, 0) is 4.89 Å². The van der Waals surface area contributed by atoms with E-state index in [4.69, 9.17) is 5.26 Å². The summed E-state index contributed by atoms with van der Waals surface area (Å²) < 4.78 is 0. The Hall–Kier alpha value is -0.120. The summed E-state index contributed by atoms with van der Waals surface area (Å²) in [5.41, 5.74) is -0.218. The summed E-state index contributed by atoms with van der Waals surface area (Å²) in [5, 5.41) is 8.46.